The van der Waals surface area contributed by atoms with E-state index in [1.807, 2.05) is 13.0 Å². The van der Waals surface area contributed by atoms with Gasteiger partial charge in [-0.2, -0.15) is 0 Å². The molecule has 1 aliphatic rings. The van der Waals surface area contributed by atoms with Crippen LogP contribution >= 0.6 is 11.6 Å². The summed E-state index contributed by atoms with van der Waals surface area (Å²) in [7, 11) is 0. The molecule has 2 rings (SSSR count). The van der Waals surface area contributed by atoms with E-state index in [4.69, 9.17) is 21.1 Å². The lowest BCUT2D eigenvalue weighted by Gasteiger charge is -2.12. The van der Waals surface area contributed by atoms with Crippen LogP contribution in [-0.4, -0.2) is 50.0 Å². The van der Waals surface area contributed by atoms with Crippen LogP contribution in [0.5, 0.6) is 0 Å². The Morgan fingerprint density at radius 3 is 3.08 bits per heavy atom. The first-order valence-electron chi connectivity index (χ1n) is 8.60. The molecular formula is C17H27ClN4O2. The molecule has 1 aromatic rings. The van der Waals surface area contributed by atoms with Gasteiger partial charge in [-0.3, -0.25) is 0 Å². The van der Waals surface area contributed by atoms with Crippen LogP contribution in [0, 0.1) is 0 Å². The van der Waals surface area contributed by atoms with E-state index in [2.05, 4.69) is 20.6 Å². The summed E-state index contributed by atoms with van der Waals surface area (Å²) >= 11 is 5.78. The first-order valence-corrected chi connectivity index (χ1v) is 8.97. The SMILES string of the molecule is CCNC(=NCc1ccc(Cl)nc1)NCCCOCC1CCCO1. The zero-order valence-electron chi connectivity index (χ0n) is 14.3. The summed E-state index contributed by atoms with van der Waals surface area (Å²) in [6.45, 7) is 6.56. The van der Waals surface area contributed by atoms with Crippen molar-refractivity contribution in [3.05, 3.63) is 29.0 Å². The Kier molecular flexibility index (Phi) is 8.87. The molecule has 0 aliphatic carbocycles. The molecule has 0 spiro atoms. The second kappa shape index (κ2) is 11.2. The first-order chi connectivity index (χ1) is 11.8. The van der Waals surface area contributed by atoms with Crippen molar-refractivity contribution >= 4 is 17.6 Å². The number of rotatable bonds is 9. The molecule has 7 heteroatoms. The molecule has 0 radical (unpaired) electrons. The van der Waals surface area contributed by atoms with Crippen LogP contribution in [0.2, 0.25) is 5.15 Å². The number of guanidine groups is 1. The van der Waals surface area contributed by atoms with Crippen LogP contribution in [-0.2, 0) is 16.0 Å². The van der Waals surface area contributed by atoms with Crippen molar-refractivity contribution in [1.29, 1.82) is 0 Å². The van der Waals surface area contributed by atoms with Gasteiger partial charge in [0.2, 0.25) is 0 Å². The van der Waals surface area contributed by atoms with Crippen molar-refractivity contribution in [2.45, 2.75) is 38.8 Å². The molecule has 134 valence electrons. The number of nitrogens with zero attached hydrogens (tertiary/aromatic N) is 2. The quantitative estimate of drug-likeness (QED) is 0.308. The van der Waals surface area contributed by atoms with Gasteiger partial charge in [0.25, 0.3) is 0 Å². The summed E-state index contributed by atoms with van der Waals surface area (Å²) < 4.78 is 11.2. The maximum Gasteiger partial charge on any atom is 0.191 e. The smallest absolute Gasteiger partial charge is 0.191 e. The number of aliphatic imine (C=N–C) groups is 1. The Hall–Kier alpha value is -1.37. The minimum Gasteiger partial charge on any atom is -0.379 e. The molecule has 1 atom stereocenters. The molecule has 0 aromatic carbocycles. The fourth-order valence-corrected chi connectivity index (χ4v) is 2.50. The van der Waals surface area contributed by atoms with Gasteiger partial charge in [-0.1, -0.05) is 17.7 Å². The fourth-order valence-electron chi connectivity index (χ4n) is 2.38. The molecular weight excluding hydrogens is 328 g/mol. The Balaban J connectivity index is 1.62. The van der Waals surface area contributed by atoms with Crippen LogP contribution in [0.4, 0.5) is 0 Å². The van der Waals surface area contributed by atoms with Crippen LogP contribution in [0.3, 0.4) is 0 Å². The summed E-state index contributed by atoms with van der Waals surface area (Å²) in [6, 6.07) is 3.71. The third kappa shape index (κ3) is 7.47. The van der Waals surface area contributed by atoms with Crippen molar-refractivity contribution < 1.29 is 9.47 Å². The van der Waals surface area contributed by atoms with E-state index >= 15 is 0 Å². The second-order valence-electron chi connectivity index (χ2n) is 5.67. The standard InChI is InChI=1S/C17H27ClN4O2/c1-2-19-17(22-12-14-6-7-16(18)21-11-14)20-8-4-9-23-13-15-5-3-10-24-15/h6-7,11,15H,2-5,8-10,12-13H2,1H3,(H2,19,20,22). The Morgan fingerprint density at radius 2 is 2.38 bits per heavy atom. The average molecular weight is 355 g/mol. The lowest BCUT2D eigenvalue weighted by atomic mass is 10.2. The summed E-state index contributed by atoms with van der Waals surface area (Å²) in [4.78, 5) is 8.60. The van der Waals surface area contributed by atoms with Crippen LogP contribution in [0.1, 0.15) is 31.7 Å². The van der Waals surface area contributed by atoms with Gasteiger partial charge in [-0.05, 0) is 37.8 Å². The minimum atomic E-state index is 0.296. The van der Waals surface area contributed by atoms with Crippen molar-refractivity contribution in [1.82, 2.24) is 15.6 Å². The summed E-state index contributed by atoms with van der Waals surface area (Å²) in [5, 5.41) is 7.04. The molecule has 1 aromatic heterocycles. The van der Waals surface area contributed by atoms with Gasteiger partial charge in [0.05, 0.1) is 19.3 Å². The molecule has 2 heterocycles. The third-order valence-corrected chi connectivity index (χ3v) is 3.86. The van der Waals surface area contributed by atoms with Crippen molar-refractivity contribution in [3.63, 3.8) is 0 Å². The summed E-state index contributed by atoms with van der Waals surface area (Å²) in [5.41, 5.74) is 1.02. The number of ether oxygens (including phenoxy) is 2. The number of nitrogens with one attached hydrogen (secondary N) is 2. The van der Waals surface area contributed by atoms with Crippen LogP contribution < -0.4 is 10.6 Å². The van der Waals surface area contributed by atoms with E-state index in [1.165, 1.54) is 0 Å². The largest absolute Gasteiger partial charge is 0.379 e. The maximum atomic E-state index is 5.78. The van der Waals surface area contributed by atoms with Crippen molar-refractivity contribution in [3.8, 4) is 0 Å². The van der Waals surface area contributed by atoms with Gasteiger partial charge < -0.3 is 20.1 Å². The third-order valence-electron chi connectivity index (χ3n) is 3.64. The van der Waals surface area contributed by atoms with Gasteiger partial charge in [-0.15, -0.1) is 0 Å². The first kappa shape index (κ1) is 19.0. The lowest BCUT2D eigenvalue weighted by molar-refractivity contribution is 0.0168. The summed E-state index contributed by atoms with van der Waals surface area (Å²) in [6.07, 6.45) is 5.24. The van der Waals surface area contributed by atoms with Crippen molar-refractivity contribution in [2.75, 3.05) is 32.9 Å². The van der Waals surface area contributed by atoms with Gasteiger partial charge in [0.15, 0.2) is 5.96 Å². The van der Waals surface area contributed by atoms with Crippen LogP contribution in [0.15, 0.2) is 23.3 Å². The highest BCUT2D eigenvalue weighted by Gasteiger charge is 2.14. The zero-order chi connectivity index (χ0) is 17.0. The van der Waals surface area contributed by atoms with E-state index in [0.29, 0.717) is 24.4 Å². The predicted octanol–water partition coefficient (Wildman–Crippen LogP) is 2.38. The number of hydrogen-bond donors (Lipinski definition) is 2. The van der Waals surface area contributed by atoms with Crippen molar-refractivity contribution in [2.24, 2.45) is 4.99 Å². The molecule has 1 fully saturated rings. The van der Waals surface area contributed by atoms with Gasteiger partial charge in [0, 0.05) is 32.5 Å². The predicted molar refractivity (Wildman–Crippen MR) is 96.5 cm³/mol. The van der Waals surface area contributed by atoms with E-state index in [0.717, 1.165) is 57.1 Å². The molecule has 1 unspecified atom stereocenters. The number of aromatic nitrogens is 1. The maximum absolute atomic E-state index is 5.78. The zero-order valence-corrected chi connectivity index (χ0v) is 15.0. The highest BCUT2D eigenvalue weighted by Crippen LogP contribution is 2.11. The number of pyridine rings is 1. The Morgan fingerprint density at radius 1 is 1.46 bits per heavy atom. The van der Waals surface area contributed by atoms with Gasteiger partial charge in [-0.25, -0.2) is 9.98 Å². The van der Waals surface area contributed by atoms with E-state index in [9.17, 15) is 0 Å². The molecule has 24 heavy (non-hydrogen) atoms. The average Bonchev–Trinajstić information content (AvgIpc) is 3.10. The number of hydrogen-bond acceptors (Lipinski definition) is 4. The van der Waals surface area contributed by atoms with E-state index in [-0.39, 0.29) is 0 Å². The normalized spacial score (nSPS) is 17.9. The summed E-state index contributed by atoms with van der Waals surface area (Å²) in [5.74, 6) is 0.798. The molecule has 1 saturated heterocycles. The van der Waals surface area contributed by atoms with Crippen LogP contribution in [0.25, 0.3) is 0 Å². The molecule has 0 bridgehead atoms. The monoisotopic (exact) mass is 354 g/mol. The molecule has 0 saturated carbocycles. The van der Waals surface area contributed by atoms with E-state index < -0.39 is 0 Å². The Bertz CT molecular complexity index is 490. The van der Waals surface area contributed by atoms with E-state index in [1.54, 1.807) is 12.3 Å². The highest BCUT2D eigenvalue weighted by molar-refractivity contribution is 6.29. The fraction of sp³-hybridized carbons (Fsp3) is 0.647. The number of halogens is 1. The Labute approximate surface area is 149 Å². The molecule has 0 amide bonds. The lowest BCUT2D eigenvalue weighted by Crippen LogP contribution is -2.38. The molecule has 1 aliphatic heterocycles. The second-order valence-corrected chi connectivity index (χ2v) is 6.06. The molecule has 2 N–H and O–H groups in total. The van der Waals surface area contributed by atoms with Gasteiger partial charge in [0.1, 0.15) is 5.15 Å². The topological polar surface area (TPSA) is 67.8 Å². The molecule has 6 nitrogen and oxygen atoms in total. The minimum absolute atomic E-state index is 0.296. The van der Waals surface area contributed by atoms with Gasteiger partial charge >= 0.3 is 0 Å². The highest BCUT2D eigenvalue weighted by atomic mass is 35.5.